The number of ether oxygens (including phenoxy) is 3. The summed E-state index contributed by atoms with van der Waals surface area (Å²) < 4.78 is 146. The van der Waals surface area contributed by atoms with Gasteiger partial charge in [-0.15, -0.1) is 0 Å². The summed E-state index contributed by atoms with van der Waals surface area (Å²) in [6.45, 7) is 10.5. The first-order chi connectivity index (χ1) is 46.9. The van der Waals surface area contributed by atoms with E-state index in [1.807, 2.05) is 38.1 Å². The first kappa shape index (κ1) is 70.7. The Bertz CT molecular complexity index is 5270. The number of hydrogen-bond donors (Lipinski definition) is 1. The highest BCUT2D eigenvalue weighted by Crippen LogP contribution is 2.43. The lowest BCUT2D eigenvalue weighted by Crippen LogP contribution is -2.34. The summed E-state index contributed by atoms with van der Waals surface area (Å²) in [6.07, 6.45) is -10.4. The third-order valence-corrected chi connectivity index (χ3v) is 16.5. The Labute approximate surface area is 558 Å². The van der Waals surface area contributed by atoms with Crippen molar-refractivity contribution in [2.45, 2.75) is 85.7 Å². The second kappa shape index (κ2) is 28.5. The number of nitrogens with zero attached hydrogens (tertiary/aromatic N) is 9. The van der Waals surface area contributed by atoms with E-state index in [1.54, 1.807) is 106 Å². The normalized spacial score (nSPS) is 12.4. The van der Waals surface area contributed by atoms with Crippen LogP contribution in [0.25, 0.3) is 66.1 Å². The molecule has 3 aromatic carbocycles. The molecule has 23 nitrogen and oxygen atoms in total. The number of rotatable bonds is 17. The zero-order valence-corrected chi connectivity index (χ0v) is 55.2. The van der Waals surface area contributed by atoms with E-state index in [-0.39, 0.29) is 41.7 Å². The van der Waals surface area contributed by atoms with Gasteiger partial charge in [0.25, 0.3) is 26.8 Å². The predicted octanol–water partition coefficient (Wildman–Crippen LogP) is 12.2. The molecule has 0 amide bonds. The minimum Gasteiger partial charge on any atom is -0.496 e. The minimum atomic E-state index is -5.20. The van der Waals surface area contributed by atoms with Crippen molar-refractivity contribution in [1.82, 2.24) is 44.1 Å². The molecule has 1 N–H and O–H groups in total. The molecule has 9 heterocycles. The van der Waals surface area contributed by atoms with Crippen molar-refractivity contribution in [2.75, 3.05) is 27.6 Å². The standard InChI is InChI=1S/C24H22F3N3O6S.C23H20F3N3O4.C22H19N3O4/c1-13-21(14(2)35-29-13)17-9-15-10-18(22(24(25,26)27)36-37(4,32)33)23(31)30(19(15)11-20(17)34-3)12-16-7-5-6-8-28-16;1-12-20(13(2)33-28-12)16-8-14-9-17(21(30)23(24,25)26)22(31)29(18(14)10-19(16)32-3)11-15-6-4-5-7-27-15;1-13-21(14(2)29-24-13)18-9-15-8-16(12-26)22(27)25(19(15)10-20(18)28-3)11-17-6-4-5-7-23-17/h5-11,22H,12H2,1-4H3;4-10,21,30H,11H2,1-3H3;4-10,12H,11H2,1-3H3. The van der Waals surface area contributed by atoms with Crippen molar-refractivity contribution in [2.24, 2.45) is 0 Å². The van der Waals surface area contributed by atoms with Gasteiger partial charge in [0.05, 0.1) is 131 Å². The number of aromatic nitrogens is 9. The third-order valence-electron chi connectivity index (χ3n) is 16.0. The number of carbonyl (C=O) groups is 1. The average molecular weight is 1390 g/mol. The molecule has 2 unspecified atom stereocenters. The number of alkyl halides is 6. The second-order valence-electron chi connectivity index (χ2n) is 22.7. The van der Waals surface area contributed by atoms with E-state index in [4.69, 9.17) is 27.8 Å². The van der Waals surface area contributed by atoms with Crippen LogP contribution in [0.5, 0.6) is 17.2 Å². The maximum absolute atomic E-state index is 14.0. The van der Waals surface area contributed by atoms with Crippen LogP contribution in [0.15, 0.2) is 156 Å². The van der Waals surface area contributed by atoms with E-state index < -0.39 is 56.9 Å². The number of aldehydes is 1. The number of benzene rings is 3. The van der Waals surface area contributed by atoms with E-state index >= 15 is 0 Å². The molecule has 0 aliphatic rings. The largest absolute Gasteiger partial charge is 0.496 e. The molecule has 0 aliphatic carbocycles. The Morgan fingerprint density at radius 2 is 0.848 bits per heavy atom. The Morgan fingerprint density at radius 1 is 0.505 bits per heavy atom. The monoisotopic (exact) mass is 1390 g/mol. The number of halogens is 6. The van der Waals surface area contributed by atoms with Crippen LogP contribution < -0.4 is 30.9 Å². The Morgan fingerprint density at radius 3 is 1.14 bits per heavy atom. The van der Waals surface area contributed by atoms with Crippen molar-refractivity contribution in [1.29, 1.82) is 0 Å². The number of aryl methyl sites for hydroxylation is 6. The van der Waals surface area contributed by atoms with Crippen molar-refractivity contribution in [3.8, 4) is 50.6 Å². The fourth-order valence-electron chi connectivity index (χ4n) is 11.5. The van der Waals surface area contributed by atoms with E-state index in [9.17, 15) is 59.0 Å². The van der Waals surface area contributed by atoms with Crippen LogP contribution in [0.1, 0.15) is 85.1 Å². The number of fused-ring (bicyclic) bond motifs is 3. The Hall–Kier alpha value is -11.1. The smallest absolute Gasteiger partial charge is 0.420 e. The van der Waals surface area contributed by atoms with E-state index in [0.717, 1.165) is 43.5 Å². The van der Waals surface area contributed by atoms with Gasteiger partial charge in [0.15, 0.2) is 12.4 Å². The van der Waals surface area contributed by atoms with Crippen molar-refractivity contribution in [3.05, 3.63) is 227 Å². The molecule has 12 aromatic rings. The molecule has 0 fully saturated rings. The number of carbonyl (C=O) groups excluding carboxylic acids is 1. The van der Waals surface area contributed by atoms with E-state index in [2.05, 4.69) is 34.6 Å². The van der Waals surface area contributed by atoms with Gasteiger partial charge in [-0.25, -0.2) is 0 Å². The molecule has 0 radical (unpaired) electrons. The molecule has 0 saturated heterocycles. The van der Waals surface area contributed by atoms with Gasteiger partial charge in [-0.2, -0.15) is 34.8 Å². The quantitative estimate of drug-likeness (QED) is 0.0503. The van der Waals surface area contributed by atoms with Crippen LogP contribution in [0.4, 0.5) is 26.3 Å². The minimum absolute atomic E-state index is 0.0864. The number of pyridine rings is 6. The molecule has 514 valence electrons. The highest BCUT2D eigenvalue weighted by Gasteiger charge is 2.46. The number of aliphatic hydroxyl groups excluding tert-OH is 1. The molecular formula is C69H61F6N9O14S. The molecule has 30 heteroatoms. The summed E-state index contributed by atoms with van der Waals surface area (Å²) >= 11 is 0. The summed E-state index contributed by atoms with van der Waals surface area (Å²) in [5, 5.41) is 23.0. The van der Waals surface area contributed by atoms with E-state index in [1.165, 1.54) is 38.7 Å². The summed E-state index contributed by atoms with van der Waals surface area (Å²) in [7, 11) is -0.145. The molecular weight excluding hydrogens is 1320 g/mol. The van der Waals surface area contributed by atoms with Crippen molar-refractivity contribution >= 4 is 49.1 Å². The highest BCUT2D eigenvalue weighted by atomic mass is 32.2. The zero-order valence-electron chi connectivity index (χ0n) is 54.4. The molecule has 0 saturated carbocycles. The maximum atomic E-state index is 14.0. The van der Waals surface area contributed by atoms with E-state index in [0.29, 0.717) is 114 Å². The fraction of sp³-hybridized carbons (Fsp3) is 0.246. The van der Waals surface area contributed by atoms with Crippen LogP contribution in [-0.4, -0.2) is 104 Å². The SMILES string of the molecule is COc1cc2c(cc1-c1c(C)noc1C)cc(C(O)C(F)(F)F)c(=O)n2Cc1ccccn1.COc1cc2c(cc1-c1c(C)noc1C)cc(C(OS(C)(=O)=O)C(F)(F)F)c(=O)n2Cc1ccccn1.COc1cc2c(cc1-c1c(C)noc1C)cc(C=O)c(=O)n2Cc1ccccn1. The maximum Gasteiger partial charge on any atom is 0.420 e. The fourth-order valence-corrected chi connectivity index (χ4v) is 12.1. The number of aliphatic hydroxyl groups is 1. The average Bonchev–Trinajstić information content (AvgIpc) is 1.38. The van der Waals surface area contributed by atoms with Crippen molar-refractivity contribution < 1.29 is 76.6 Å². The van der Waals surface area contributed by atoms with Gasteiger partial charge in [-0.3, -0.25) is 38.3 Å². The predicted molar refractivity (Wildman–Crippen MR) is 350 cm³/mol. The second-order valence-corrected chi connectivity index (χ2v) is 24.3. The van der Waals surface area contributed by atoms with Gasteiger partial charge < -0.3 is 46.6 Å². The van der Waals surface area contributed by atoms with Gasteiger partial charge in [-0.05, 0) is 125 Å². The molecule has 99 heavy (non-hydrogen) atoms. The van der Waals surface area contributed by atoms with Crippen LogP contribution in [0.3, 0.4) is 0 Å². The summed E-state index contributed by atoms with van der Waals surface area (Å²) in [5.74, 6) is 2.91. The first-order valence-corrected chi connectivity index (χ1v) is 31.7. The van der Waals surface area contributed by atoms with Gasteiger partial charge in [-0.1, -0.05) is 33.7 Å². The lowest BCUT2D eigenvalue weighted by atomic mass is 9.98. The number of methoxy groups -OCH3 is 3. The van der Waals surface area contributed by atoms with Crippen LogP contribution >= 0.6 is 0 Å². The Balaban J connectivity index is 0.000000162. The lowest BCUT2D eigenvalue weighted by Gasteiger charge is -2.22. The summed E-state index contributed by atoms with van der Waals surface area (Å²) in [6, 6.07) is 29.0. The third kappa shape index (κ3) is 14.9. The highest BCUT2D eigenvalue weighted by molar-refractivity contribution is 7.86. The van der Waals surface area contributed by atoms with Gasteiger partial charge >= 0.3 is 12.4 Å². The van der Waals surface area contributed by atoms with Crippen LogP contribution in [0.2, 0.25) is 0 Å². The summed E-state index contributed by atoms with van der Waals surface area (Å²) in [4.78, 5) is 63.6. The molecule has 12 rings (SSSR count). The van der Waals surface area contributed by atoms with Crippen LogP contribution in [-0.2, 0) is 33.9 Å². The van der Waals surface area contributed by atoms with Gasteiger partial charge in [0.1, 0.15) is 34.5 Å². The number of hydrogen-bond acceptors (Lipinski definition) is 20. The molecule has 2 atom stereocenters. The molecule has 9 aromatic heterocycles. The van der Waals surface area contributed by atoms with Gasteiger partial charge in [0, 0.05) is 58.9 Å². The topological polar surface area (TPSA) is 291 Å². The van der Waals surface area contributed by atoms with Crippen molar-refractivity contribution in [3.63, 3.8) is 0 Å². The molecule has 0 bridgehead atoms. The lowest BCUT2D eigenvalue weighted by molar-refractivity contribution is -0.207. The first-order valence-electron chi connectivity index (χ1n) is 29.9. The zero-order chi connectivity index (χ0) is 71.6. The molecule has 0 aliphatic heterocycles. The molecule has 0 spiro atoms. The van der Waals surface area contributed by atoms with Crippen LogP contribution in [0, 0.1) is 41.5 Å². The Kier molecular flexibility index (Phi) is 20.4. The van der Waals surface area contributed by atoms with Gasteiger partial charge in [0.2, 0.25) is 6.10 Å². The summed E-state index contributed by atoms with van der Waals surface area (Å²) in [5.41, 5.74) is 4.45.